The van der Waals surface area contributed by atoms with Crippen LogP contribution in [0.2, 0.25) is 0 Å². The first-order valence-electron chi connectivity index (χ1n) is 18.3. The second-order valence-electron chi connectivity index (χ2n) is 13.0. The van der Waals surface area contributed by atoms with Crippen molar-refractivity contribution in [2.45, 2.75) is 190 Å². The highest BCUT2D eigenvalue weighted by Gasteiger charge is 2.25. The van der Waals surface area contributed by atoms with Crippen LogP contribution in [-0.4, -0.2) is 42.5 Å². The Hall–Kier alpha value is -0.930. The SMILES string of the molecule is CCCCCCCCCCS(=O)(=O)c1cc(S(=O)(=O)CCCCCCCCCC)cc(S(=O)(=O)CCCCCCCCCC)c1. The molecule has 0 saturated heterocycles. The molecule has 9 heteroatoms. The molecule has 1 rings (SSSR count). The maximum Gasteiger partial charge on any atom is 0.178 e. The topological polar surface area (TPSA) is 102 Å². The highest BCUT2D eigenvalue weighted by molar-refractivity contribution is 7.93. The van der Waals surface area contributed by atoms with Gasteiger partial charge < -0.3 is 0 Å². The predicted octanol–water partition coefficient (Wildman–Crippen LogP) is 10.4. The van der Waals surface area contributed by atoms with Gasteiger partial charge >= 0.3 is 0 Å². The van der Waals surface area contributed by atoms with Crippen LogP contribution in [0.1, 0.15) is 175 Å². The Morgan fingerprint density at radius 1 is 0.311 bits per heavy atom. The molecule has 0 aliphatic rings. The van der Waals surface area contributed by atoms with E-state index in [4.69, 9.17) is 0 Å². The van der Waals surface area contributed by atoms with Gasteiger partial charge in [-0.1, -0.05) is 156 Å². The molecule has 0 unspecified atom stereocenters. The Morgan fingerprint density at radius 3 is 0.689 bits per heavy atom. The van der Waals surface area contributed by atoms with Gasteiger partial charge in [-0.15, -0.1) is 0 Å². The summed E-state index contributed by atoms with van der Waals surface area (Å²) in [5.41, 5.74) is 0. The van der Waals surface area contributed by atoms with Crippen molar-refractivity contribution >= 4 is 29.5 Å². The Bertz CT molecular complexity index is 1060. The fourth-order valence-electron chi connectivity index (χ4n) is 5.72. The lowest BCUT2D eigenvalue weighted by molar-refractivity contribution is 0.570. The minimum Gasteiger partial charge on any atom is -0.224 e. The van der Waals surface area contributed by atoms with Crippen LogP contribution in [-0.2, 0) is 29.5 Å². The van der Waals surface area contributed by atoms with E-state index >= 15 is 0 Å². The van der Waals surface area contributed by atoms with Crippen molar-refractivity contribution in [3.05, 3.63) is 18.2 Å². The van der Waals surface area contributed by atoms with Crippen LogP contribution in [0, 0.1) is 0 Å². The molecule has 0 N–H and O–H groups in total. The molecule has 0 bridgehead atoms. The highest BCUT2D eigenvalue weighted by Crippen LogP contribution is 2.27. The third-order valence-electron chi connectivity index (χ3n) is 8.73. The zero-order valence-electron chi connectivity index (χ0n) is 29.0. The van der Waals surface area contributed by atoms with Gasteiger partial charge in [0, 0.05) is 0 Å². The summed E-state index contributed by atoms with van der Waals surface area (Å²) in [6, 6.07) is 3.61. The summed E-state index contributed by atoms with van der Waals surface area (Å²) in [7, 11) is -11.5. The summed E-state index contributed by atoms with van der Waals surface area (Å²) in [5.74, 6) is -0.330. The van der Waals surface area contributed by atoms with Gasteiger partial charge in [-0.2, -0.15) is 0 Å². The first kappa shape index (κ1) is 42.1. The summed E-state index contributed by atoms with van der Waals surface area (Å²) in [6.07, 6.45) is 24.2. The zero-order valence-corrected chi connectivity index (χ0v) is 31.4. The van der Waals surface area contributed by atoms with Gasteiger partial charge in [0.05, 0.1) is 31.9 Å². The van der Waals surface area contributed by atoms with Gasteiger partial charge in [0.1, 0.15) is 0 Å². The van der Waals surface area contributed by atoms with Gasteiger partial charge in [-0.25, -0.2) is 25.3 Å². The number of unbranched alkanes of at least 4 members (excludes halogenated alkanes) is 21. The van der Waals surface area contributed by atoms with Crippen molar-refractivity contribution in [1.82, 2.24) is 0 Å². The van der Waals surface area contributed by atoms with Crippen LogP contribution in [0.3, 0.4) is 0 Å². The molecule has 0 amide bonds. The van der Waals surface area contributed by atoms with Gasteiger partial charge in [-0.05, 0) is 37.5 Å². The summed E-state index contributed by atoms with van der Waals surface area (Å²) < 4.78 is 80.3. The molecule has 0 aliphatic carbocycles. The van der Waals surface area contributed by atoms with Crippen molar-refractivity contribution < 1.29 is 25.3 Å². The number of sulfone groups is 3. The van der Waals surface area contributed by atoms with Crippen LogP contribution in [0.25, 0.3) is 0 Å². The lowest BCUT2D eigenvalue weighted by Gasteiger charge is -2.12. The Labute approximate surface area is 278 Å². The van der Waals surface area contributed by atoms with Crippen LogP contribution in [0.4, 0.5) is 0 Å². The van der Waals surface area contributed by atoms with Crippen molar-refractivity contribution in [3.8, 4) is 0 Å². The normalized spacial score (nSPS) is 12.6. The molecule has 0 aromatic heterocycles. The molecule has 6 nitrogen and oxygen atoms in total. The van der Waals surface area contributed by atoms with E-state index in [1.807, 2.05) is 0 Å². The molecule has 1 aromatic carbocycles. The average Bonchev–Trinajstić information content (AvgIpc) is 3.01. The monoisotopic (exact) mass is 690 g/mol. The first-order chi connectivity index (χ1) is 21.5. The van der Waals surface area contributed by atoms with E-state index in [1.54, 1.807) is 0 Å². The standard InChI is InChI=1S/C36H66O6S3/c1-4-7-10-13-16-19-22-25-28-43(37,38)34-31-35(44(39,40)29-26-23-20-17-14-11-8-5-2)33-36(32-34)45(41,42)30-27-24-21-18-15-12-9-6-3/h31-33H,4-30H2,1-3H3. The minimum absolute atomic E-state index is 0.110. The van der Waals surface area contributed by atoms with Crippen molar-refractivity contribution in [2.75, 3.05) is 17.3 Å². The third kappa shape index (κ3) is 18.9. The molecule has 0 fully saturated rings. The fraction of sp³-hybridized carbons (Fsp3) is 0.833. The Kier molecular flexibility index (Phi) is 22.7. The maximum atomic E-state index is 13.4. The minimum atomic E-state index is -3.84. The number of hydrogen-bond acceptors (Lipinski definition) is 6. The van der Waals surface area contributed by atoms with Crippen LogP contribution >= 0.6 is 0 Å². The number of benzene rings is 1. The van der Waals surface area contributed by atoms with E-state index in [0.29, 0.717) is 19.3 Å². The third-order valence-corrected chi connectivity index (χ3v) is 14.1. The molecule has 0 aliphatic heterocycles. The average molecular weight is 691 g/mol. The predicted molar refractivity (Wildman–Crippen MR) is 190 cm³/mol. The van der Waals surface area contributed by atoms with E-state index in [0.717, 1.165) is 77.0 Å². The maximum absolute atomic E-state index is 13.4. The molecule has 0 radical (unpaired) electrons. The Balaban J connectivity index is 2.99. The summed E-state index contributed by atoms with van der Waals surface area (Å²) in [6.45, 7) is 6.53. The molecule has 1 aromatic rings. The smallest absolute Gasteiger partial charge is 0.178 e. The molecular formula is C36H66O6S3. The molecule has 45 heavy (non-hydrogen) atoms. The molecule has 264 valence electrons. The lowest BCUT2D eigenvalue weighted by Crippen LogP contribution is -2.14. The van der Waals surface area contributed by atoms with E-state index < -0.39 is 29.5 Å². The molecule has 0 spiro atoms. The second kappa shape index (κ2) is 24.2. The van der Waals surface area contributed by atoms with E-state index in [2.05, 4.69) is 20.8 Å². The number of hydrogen-bond donors (Lipinski definition) is 0. The molecular weight excluding hydrogens is 625 g/mol. The van der Waals surface area contributed by atoms with Crippen LogP contribution < -0.4 is 0 Å². The Morgan fingerprint density at radius 2 is 0.489 bits per heavy atom. The largest absolute Gasteiger partial charge is 0.224 e. The molecule has 0 heterocycles. The van der Waals surface area contributed by atoms with E-state index in [1.165, 1.54) is 76.0 Å². The van der Waals surface area contributed by atoms with Gasteiger partial charge in [-0.3, -0.25) is 0 Å². The number of rotatable bonds is 30. The van der Waals surface area contributed by atoms with Crippen LogP contribution in [0.5, 0.6) is 0 Å². The van der Waals surface area contributed by atoms with E-state index in [-0.39, 0.29) is 31.9 Å². The molecule has 0 saturated carbocycles. The summed E-state index contributed by atoms with van der Waals surface area (Å²) in [4.78, 5) is -0.550. The van der Waals surface area contributed by atoms with Gasteiger partial charge in [0.2, 0.25) is 0 Å². The quantitative estimate of drug-likeness (QED) is 0.0745. The van der Waals surface area contributed by atoms with Crippen LogP contribution in [0.15, 0.2) is 32.9 Å². The lowest BCUT2D eigenvalue weighted by atomic mass is 10.1. The van der Waals surface area contributed by atoms with Crippen molar-refractivity contribution in [2.24, 2.45) is 0 Å². The van der Waals surface area contributed by atoms with Crippen molar-refractivity contribution in [3.63, 3.8) is 0 Å². The first-order valence-corrected chi connectivity index (χ1v) is 23.3. The van der Waals surface area contributed by atoms with Gasteiger partial charge in [0.15, 0.2) is 29.5 Å². The van der Waals surface area contributed by atoms with E-state index in [9.17, 15) is 25.3 Å². The van der Waals surface area contributed by atoms with Gasteiger partial charge in [0.25, 0.3) is 0 Å². The van der Waals surface area contributed by atoms with Crippen molar-refractivity contribution in [1.29, 1.82) is 0 Å². The zero-order chi connectivity index (χ0) is 33.4. The summed E-state index contributed by atoms with van der Waals surface area (Å²) in [5, 5.41) is 0. The molecule has 0 atom stereocenters. The summed E-state index contributed by atoms with van der Waals surface area (Å²) >= 11 is 0. The second-order valence-corrected chi connectivity index (χ2v) is 19.3. The highest BCUT2D eigenvalue weighted by atomic mass is 32.2. The fourth-order valence-corrected chi connectivity index (χ4v) is 10.2.